The summed E-state index contributed by atoms with van der Waals surface area (Å²) < 4.78 is 6.78. The minimum Gasteiger partial charge on any atom is -0.483 e. The fourth-order valence-electron chi connectivity index (χ4n) is 3.00. The van der Waals surface area contributed by atoms with Gasteiger partial charge >= 0.3 is 0 Å². The molecule has 28 heavy (non-hydrogen) atoms. The molecule has 0 saturated heterocycles. The summed E-state index contributed by atoms with van der Waals surface area (Å²) in [4.78, 5) is 35.6. The third-order valence-electron chi connectivity index (χ3n) is 4.21. The first kappa shape index (κ1) is 19.1. The van der Waals surface area contributed by atoms with Crippen LogP contribution in [0.1, 0.15) is 23.0 Å². The molecule has 0 bridgehead atoms. The minimum atomic E-state index is -0.250. The van der Waals surface area contributed by atoms with Gasteiger partial charge in [0.05, 0.1) is 17.6 Å². The topological polar surface area (TPSA) is 140 Å². The van der Waals surface area contributed by atoms with Crippen molar-refractivity contribution < 1.29 is 19.2 Å². The molecule has 11 heteroatoms. The Morgan fingerprint density at radius 1 is 1.39 bits per heavy atom. The van der Waals surface area contributed by atoms with Crippen molar-refractivity contribution in [2.24, 2.45) is 7.05 Å². The van der Waals surface area contributed by atoms with Crippen molar-refractivity contribution in [1.29, 1.82) is 0 Å². The van der Waals surface area contributed by atoms with Crippen molar-refractivity contribution in [2.75, 3.05) is 6.54 Å². The molecule has 3 aromatic heterocycles. The Morgan fingerprint density at radius 2 is 2.18 bits per heavy atom. The zero-order chi connectivity index (χ0) is 20.1. The standard InChI is InChI=1S/C16H17N7O2.CH2O2/c1-10-20-14(25-21-10)5-15(24)23-4-3-13-12(8-23)16(18-9-17-13)11-6-19-22(2)7-11;2-1-3/h6-7,9H,3-5,8H2,1-2H3;1H,(H,2,3). The van der Waals surface area contributed by atoms with Gasteiger partial charge < -0.3 is 14.5 Å². The predicted octanol–water partition coefficient (Wildman–Crippen LogP) is 0.397. The number of carbonyl (C=O) groups excluding carboxylic acids is 1. The van der Waals surface area contributed by atoms with Crippen LogP contribution in [0, 0.1) is 6.92 Å². The van der Waals surface area contributed by atoms with Crippen LogP contribution in [-0.4, -0.2) is 58.8 Å². The number of fused-ring (bicyclic) bond motifs is 1. The first-order chi connectivity index (χ1) is 13.5. The lowest BCUT2D eigenvalue weighted by Crippen LogP contribution is -2.37. The molecule has 1 N–H and O–H groups in total. The lowest BCUT2D eigenvalue weighted by atomic mass is 10.0. The fraction of sp³-hybridized carbons (Fsp3) is 0.353. The lowest BCUT2D eigenvalue weighted by molar-refractivity contribution is -0.131. The Balaban J connectivity index is 0.000000706. The second-order valence-electron chi connectivity index (χ2n) is 6.13. The van der Waals surface area contributed by atoms with Crippen molar-refractivity contribution in [3.05, 3.63) is 41.7 Å². The van der Waals surface area contributed by atoms with Gasteiger partial charge in [0.1, 0.15) is 12.7 Å². The maximum atomic E-state index is 12.6. The van der Waals surface area contributed by atoms with Gasteiger partial charge in [-0.25, -0.2) is 9.97 Å². The van der Waals surface area contributed by atoms with Gasteiger partial charge in [-0.15, -0.1) is 0 Å². The van der Waals surface area contributed by atoms with Crippen LogP contribution in [0.15, 0.2) is 23.2 Å². The molecule has 0 saturated carbocycles. The second kappa shape index (κ2) is 8.37. The number of amides is 1. The number of nitrogens with zero attached hydrogens (tertiary/aromatic N) is 7. The number of hydrogen-bond acceptors (Lipinski definition) is 8. The van der Waals surface area contributed by atoms with Crippen LogP contribution in [-0.2, 0) is 36.0 Å². The first-order valence-corrected chi connectivity index (χ1v) is 8.48. The molecule has 4 rings (SSSR count). The van der Waals surface area contributed by atoms with E-state index in [4.69, 9.17) is 14.4 Å². The Kier molecular flexibility index (Phi) is 5.72. The van der Waals surface area contributed by atoms with Gasteiger partial charge in [0, 0.05) is 43.9 Å². The van der Waals surface area contributed by atoms with Gasteiger partial charge in [-0.05, 0) is 6.92 Å². The Bertz CT molecular complexity index is 982. The Labute approximate surface area is 160 Å². The summed E-state index contributed by atoms with van der Waals surface area (Å²) in [6, 6.07) is 0. The molecule has 0 spiro atoms. The summed E-state index contributed by atoms with van der Waals surface area (Å²) in [5.41, 5.74) is 3.69. The second-order valence-corrected chi connectivity index (χ2v) is 6.13. The van der Waals surface area contributed by atoms with E-state index in [1.54, 1.807) is 29.0 Å². The fourth-order valence-corrected chi connectivity index (χ4v) is 3.00. The summed E-state index contributed by atoms with van der Waals surface area (Å²) in [5.74, 6) is 0.819. The maximum Gasteiger partial charge on any atom is 0.290 e. The average Bonchev–Trinajstić information content (AvgIpc) is 3.29. The number of rotatable bonds is 3. The van der Waals surface area contributed by atoms with E-state index >= 15 is 0 Å². The van der Waals surface area contributed by atoms with E-state index in [0.29, 0.717) is 31.2 Å². The molecule has 4 heterocycles. The van der Waals surface area contributed by atoms with Crippen LogP contribution in [0.4, 0.5) is 0 Å². The minimum absolute atomic E-state index is 0.0460. The van der Waals surface area contributed by atoms with Gasteiger partial charge in [0.25, 0.3) is 6.47 Å². The quantitative estimate of drug-likeness (QED) is 0.634. The lowest BCUT2D eigenvalue weighted by Gasteiger charge is -2.28. The van der Waals surface area contributed by atoms with Crippen LogP contribution >= 0.6 is 0 Å². The van der Waals surface area contributed by atoms with Crippen LogP contribution < -0.4 is 0 Å². The third kappa shape index (κ3) is 4.19. The summed E-state index contributed by atoms with van der Waals surface area (Å²) in [7, 11) is 1.86. The average molecular weight is 385 g/mol. The smallest absolute Gasteiger partial charge is 0.290 e. The van der Waals surface area contributed by atoms with Gasteiger partial charge in [0.15, 0.2) is 5.82 Å². The van der Waals surface area contributed by atoms with Crippen molar-refractivity contribution in [3.63, 3.8) is 0 Å². The maximum absolute atomic E-state index is 12.6. The van der Waals surface area contributed by atoms with Crippen molar-refractivity contribution in [1.82, 2.24) is 34.8 Å². The molecule has 146 valence electrons. The summed E-state index contributed by atoms with van der Waals surface area (Å²) in [6.07, 6.45) is 6.04. The van der Waals surface area contributed by atoms with E-state index in [2.05, 4.69) is 25.2 Å². The van der Waals surface area contributed by atoms with E-state index in [9.17, 15) is 4.79 Å². The Hall–Kier alpha value is -3.63. The van der Waals surface area contributed by atoms with E-state index in [1.807, 2.05) is 13.2 Å². The van der Waals surface area contributed by atoms with Crippen molar-refractivity contribution in [3.8, 4) is 11.3 Å². The number of aryl methyl sites for hydroxylation is 2. The molecule has 1 amide bonds. The first-order valence-electron chi connectivity index (χ1n) is 8.48. The number of carboxylic acid groups (broad SMARTS) is 1. The third-order valence-corrected chi connectivity index (χ3v) is 4.21. The van der Waals surface area contributed by atoms with Crippen LogP contribution in [0.3, 0.4) is 0 Å². The normalized spacial score (nSPS) is 12.7. The molecule has 0 aromatic carbocycles. The molecule has 0 atom stereocenters. The van der Waals surface area contributed by atoms with Crippen molar-refractivity contribution >= 4 is 12.4 Å². The summed E-state index contributed by atoms with van der Waals surface area (Å²) >= 11 is 0. The van der Waals surface area contributed by atoms with Gasteiger partial charge in [-0.3, -0.25) is 14.3 Å². The predicted molar refractivity (Wildman–Crippen MR) is 94.8 cm³/mol. The molecular formula is C17H19N7O4. The molecule has 0 radical (unpaired) electrons. The molecule has 0 unspecified atom stereocenters. The van der Waals surface area contributed by atoms with Crippen LogP contribution in [0.25, 0.3) is 11.3 Å². The summed E-state index contributed by atoms with van der Waals surface area (Å²) in [6.45, 7) is 2.56. The largest absolute Gasteiger partial charge is 0.483 e. The molecular weight excluding hydrogens is 366 g/mol. The highest BCUT2D eigenvalue weighted by molar-refractivity contribution is 5.78. The SMILES string of the molecule is Cc1noc(CC(=O)N2CCc3ncnc(-c4cnn(C)c4)c3C2)n1.O=CO. The molecule has 0 aliphatic carbocycles. The Morgan fingerprint density at radius 3 is 2.82 bits per heavy atom. The molecule has 3 aromatic rings. The highest BCUT2D eigenvalue weighted by Gasteiger charge is 2.26. The zero-order valence-corrected chi connectivity index (χ0v) is 15.4. The highest BCUT2D eigenvalue weighted by Crippen LogP contribution is 2.27. The van der Waals surface area contributed by atoms with Gasteiger partial charge in [0.2, 0.25) is 11.8 Å². The van der Waals surface area contributed by atoms with Gasteiger partial charge in [-0.2, -0.15) is 10.1 Å². The zero-order valence-electron chi connectivity index (χ0n) is 15.4. The molecule has 0 fully saturated rings. The summed E-state index contributed by atoms with van der Waals surface area (Å²) in [5, 5.41) is 14.8. The number of hydrogen-bond donors (Lipinski definition) is 1. The van der Waals surface area contributed by atoms with Crippen molar-refractivity contribution in [2.45, 2.75) is 26.3 Å². The highest BCUT2D eigenvalue weighted by atomic mass is 16.5. The van der Waals surface area contributed by atoms with Crippen LogP contribution in [0.5, 0.6) is 0 Å². The van der Waals surface area contributed by atoms with E-state index in [1.165, 1.54) is 0 Å². The molecule has 1 aliphatic heterocycles. The molecule has 11 nitrogen and oxygen atoms in total. The van der Waals surface area contributed by atoms with Crippen LogP contribution in [0.2, 0.25) is 0 Å². The van der Waals surface area contributed by atoms with E-state index < -0.39 is 0 Å². The van der Waals surface area contributed by atoms with E-state index in [0.717, 1.165) is 22.5 Å². The molecule has 1 aliphatic rings. The number of aromatic nitrogens is 6. The number of carbonyl (C=O) groups is 2. The monoisotopic (exact) mass is 385 g/mol. The van der Waals surface area contributed by atoms with E-state index in [-0.39, 0.29) is 18.8 Å². The van der Waals surface area contributed by atoms with Gasteiger partial charge in [-0.1, -0.05) is 5.16 Å².